The molecule has 2 N–H and O–H groups in total. The normalized spacial score (nSPS) is 19.0. The summed E-state index contributed by atoms with van der Waals surface area (Å²) in [6.45, 7) is 2.38. The van der Waals surface area contributed by atoms with Crippen LogP contribution in [0.25, 0.3) is 11.3 Å². The van der Waals surface area contributed by atoms with Crippen LogP contribution in [0.4, 0.5) is 0 Å². The van der Waals surface area contributed by atoms with Crippen LogP contribution in [0.2, 0.25) is 0 Å². The topological polar surface area (TPSA) is 59.2 Å². The number of ether oxygens (including phenoxy) is 2. The lowest BCUT2D eigenvalue weighted by Gasteiger charge is -2.21. The van der Waals surface area contributed by atoms with Gasteiger partial charge in [-0.25, -0.2) is 4.98 Å². The van der Waals surface area contributed by atoms with E-state index in [0.29, 0.717) is 6.61 Å². The summed E-state index contributed by atoms with van der Waals surface area (Å²) < 4.78 is 12.1. The Balaban J connectivity index is 1.91. The van der Waals surface area contributed by atoms with Crippen molar-refractivity contribution in [1.82, 2.24) is 15.3 Å². The Morgan fingerprint density at radius 2 is 2.35 bits per heavy atom. The molecule has 1 aliphatic rings. The molecular formula is C14H16BrN3O2. The van der Waals surface area contributed by atoms with Gasteiger partial charge in [-0.1, -0.05) is 15.9 Å². The van der Waals surface area contributed by atoms with Crippen molar-refractivity contribution in [3.05, 3.63) is 34.7 Å². The summed E-state index contributed by atoms with van der Waals surface area (Å²) in [4.78, 5) is 7.75. The number of nitrogens with one attached hydrogen (secondary N) is 2. The Morgan fingerprint density at radius 3 is 3.10 bits per heavy atom. The molecule has 106 valence electrons. The third-order valence-electron chi connectivity index (χ3n) is 3.28. The van der Waals surface area contributed by atoms with Crippen molar-refractivity contribution < 1.29 is 9.47 Å². The lowest BCUT2D eigenvalue weighted by Crippen LogP contribution is -2.33. The number of methoxy groups -OCH3 is 1. The number of hydrogen-bond donors (Lipinski definition) is 2. The van der Waals surface area contributed by atoms with Crippen LogP contribution < -0.4 is 10.1 Å². The van der Waals surface area contributed by atoms with Gasteiger partial charge in [0.05, 0.1) is 25.6 Å². The van der Waals surface area contributed by atoms with Crippen molar-refractivity contribution in [2.75, 3.05) is 26.8 Å². The minimum absolute atomic E-state index is 0.0179. The van der Waals surface area contributed by atoms with E-state index in [2.05, 4.69) is 31.2 Å². The second-order valence-electron chi connectivity index (χ2n) is 4.59. The van der Waals surface area contributed by atoms with Gasteiger partial charge in [-0.05, 0) is 18.2 Å². The first kappa shape index (κ1) is 13.6. The first-order valence-corrected chi connectivity index (χ1v) is 7.28. The van der Waals surface area contributed by atoms with Gasteiger partial charge in [-0.3, -0.25) is 0 Å². The summed E-state index contributed by atoms with van der Waals surface area (Å²) in [6.07, 6.45) is 1.80. The molecule has 5 nitrogen and oxygen atoms in total. The van der Waals surface area contributed by atoms with Gasteiger partial charge < -0.3 is 19.8 Å². The monoisotopic (exact) mass is 337 g/mol. The quantitative estimate of drug-likeness (QED) is 0.903. The molecule has 1 atom stereocenters. The molecule has 6 heteroatoms. The van der Waals surface area contributed by atoms with Crippen LogP contribution >= 0.6 is 15.9 Å². The van der Waals surface area contributed by atoms with Gasteiger partial charge in [-0.15, -0.1) is 0 Å². The van der Waals surface area contributed by atoms with E-state index < -0.39 is 0 Å². The molecule has 1 fully saturated rings. The second kappa shape index (κ2) is 5.95. The molecule has 0 bridgehead atoms. The number of halogens is 1. The molecule has 3 rings (SSSR count). The maximum atomic E-state index is 5.70. The first-order valence-electron chi connectivity index (χ1n) is 6.49. The van der Waals surface area contributed by atoms with Gasteiger partial charge in [0, 0.05) is 23.1 Å². The number of morpholine rings is 1. The highest BCUT2D eigenvalue weighted by atomic mass is 79.9. The molecule has 2 heterocycles. The fourth-order valence-electron chi connectivity index (χ4n) is 2.27. The van der Waals surface area contributed by atoms with Crippen molar-refractivity contribution >= 4 is 15.9 Å². The zero-order valence-corrected chi connectivity index (χ0v) is 12.7. The number of rotatable bonds is 3. The van der Waals surface area contributed by atoms with Crippen LogP contribution in [0.1, 0.15) is 11.9 Å². The Morgan fingerprint density at radius 1 is 1.45 bits per heavy atom. The predicted molar refractivity (Wildman–Crippen MR) is 79.8 cm³/mol. The van der Waals surface area contributed by atoms with Crippen molar-refractivity contribution in [1.29, 1.82) is 0 Å². The number of imidazole rings is 1. The van der Waals surface area contributed by atoms with E-state index >= 15 is 0 Å². The van der Waals surface area contributed by atoms with Crippen LogP contribution in [0.5, 0.6) is 5.75 Å². The van der Waals surface area contributed by atoms with E-state index in [-0.39, 0.29) is 6.10 Å². The molecule has 1 aromatic carbocycles. The van der Waals surface area contributed by atoms with Gasteiger partial charge in [0.2, 0.25) is 0 Å². The van der Waals surface area contributed by atoms with Crippen LogP contribution in [0.15, 0.2) is 28.9 Å². The van der Waals surface area contributed by atoms with Gasteiger partial charge in [0.25, 0.3) is 0 Å². The van der Waals surface area contributed by atoms with Gasteiger partial charge in [-0.2, -0.15) is 0 Å². The summed E-state index contributed by atoms with van der Waals surface area (Å²) >= 11 is 3.48. The van der Waals surface area contributed by atoms with E-state index in [9.17, 15) is 0 Å². The molecule has 0 amide bonds. The number of aromatic nitrogens is 2. The Kier molecular flexibility index (Phi) is 4.05. The fourth-order valence-corrected chi connectivity index (χ4v) is 2.63. The number of aromatic amines is 1. The van der Waals surface area contributed by atoms with E-state index in [1.165, 1.54) is 0 Å². The van der Waals surface area contributed by atoms with Crippen molar-refractivity contribution in [2.24, 2.45) is 0 Å². The van der Waals surface area contributed by atoms with Gasteiger partial charge in [0.15, 0.2) is 0 Å². The van der Waals surface area contributed by atoms with E-state index in [1.54, 1.807) is 7.11 Å². The summed E-state index contributed by atoms with van der Waals surface area (Å²) in [5.74, 6) is 1.65. The Bertz CT molecular complexity index is 594. The summed E-state index contributed by atoms with van der Waals surface area (Å²) in [5, 5.41) is 3.30. The Labute approximate surface area is 125 Å². The largest absolute Gasteiger partial charge is 0.496 e. The maximum Gasteiger partial charge on any atom is 0.137 e. The smallest absolute Gasteiger partial charge is 0.137 e. The first-order chi connectivity index (χ1) is 9.78. The summed E-state index contributed by atoms with van der Waals surface area (Å²) in [5.41, 5.74) is 1.90. The van der Waals surface area contributed by atoms with E-state index in [0.717, 1.165) is 40.4 Å². The van der Waals surface area contributed by atoms with Crippen LogP contribution in [-0.4, -0.2) is 36.8 Å². The molecule has 1 unspecified atom stereocenters. The number of nitrogens with zero attached hydrogens (tertiary/aromatic N) is 1. The second-order valence-corrected chi connectivity index (χ2v) is 5.51. The molecule has 20 heavy (non-hydrogen) atoms. The molecule has 1 saturated heterocycles. The molecule has 0 aliphatic carbocycles. The SMILES string of the molecule is COc1ccc(Br)cc1-c1cnc(C2CNCCO2)[nH]1. The number of hydrogen-bond acceptors (Lipinski definition) is 4. The number of benzene rings is 1. The average molecular weight is 338 g/mol. The van der Waals surface area contributed by atoms with E-state index in [4.69, 9.17) is 9.47 Å². The molecule has 0 radical (unpaired) electrons. The van der Waals surface area contributed by atoms with Crippen LogP contribution in [-0.2, 0) is 4.74 Å². The zero-order chi connectivity index (χ0) is 13.9. The van der Waals surface area contributed by atoms with E-state index in [1.807, 2.05) is 24.4 Å². The summed E-state index contributed by atoms with van der Waals surface area (Å²) in [7, 11) is 1.66. The predicted octanol–water partition coefficient (Wildman–Crippen LogP) is 2.51. The highest BCUT2D eigenvalue weighted by Crippen LogP contribution is 2.32. The fraction of sp³-hybridized carbons (Fsp3) is 0.357. The molecule has 2 aromatic rings. The lowest BCUT2D eigenvalue weighted by molar-refractivity contribution is 0.0227. The molecule has 0 spiro atoms. The molecule has 1 aromatic heterocycles. The number of H-pyrrole nitrogens is 1. The van der Waals surface area contributed by atoms with Gasteiger partial charge in [0.1, 0.15) is 17.7 Å². The molecule has 0 saturated carbocycles. The summed E-state index contributed by atoms with van der Waals surface area (Å²) in [6, 6.07) is 5.89. The minimum Gasteiger partial charge on any atom is -0.496 e. The Hall–Kier alpha value is -1.37. The average Bonchev–Trinajstić information content (AvgIpc) is 2.98. The zero-order valence-electron chi connectivity index (χ0n) is 11.1. The minimum atomic E-state index is -0.0179. The lowest BCUT2D eigenvalue weighted by atomic mass is 10.1. The third-order valence-corrected chi connectivity index (χ3v) is 3.77. The molecular weight excluding hydrogens is 322 g/mol. The van der Waals surface area contributed by atoms with Gasteiger partial charge >= 0.3 is 0 Å². The van der Waals surface area contributed by atoms with Crippen molar-refractivity contribution in [3.63, 3.8) is 0 Å². The standard InChI is InChI=1S/C14H16BrN3O2/c1-19-12-3-2-9(15)6-10(12)11-7-17-14(18-11)13-8-16-4-5-20-13/h2-3,6-7,13,16H,4-5,8H2,1H3,(H,17,18). The molecule has 1 aliphatic heterocycles. The van der Waals surface area contributed by atoms with Crippen LogP contribution in [0.3, 0.4) is 0 Å². The maximum absolute atomic E-state index is 5.70. The highest BCUT2D eigenvalue weighted by Gasteiger charge is 2.19. The van der Waals surface area contributed by atoms with Crippen molar-refractivity contribution in [2.45, 2.75) is 6.10 Å². The third kappa shape index (κ3) is 2.72. The van der Waals surface area contributed by atoms with Crippen LogP contribution in [0, 0.1) is 0 Å². The highest BCUT2D eigenvalue weighted by molar-refractivity contribution is 9.10. The van der Waals surface area contributed by atoms with Crippen molar-refractivity contribution in [3.8, 4) is 17.0 Å².